The highest BCUT2D eigenvalue weighted by molar-refractivity contribution is 5.80. The summed E-state index contributed by atoms with van der Waals surface area (Å²) in [7, 11) is 0. The maximum Gasteiger partial charge on any atom is 0.163 e. The molecule has 2 aromatic rings. The molecule has 5 heteroatoms. The first-order valence-corrected chi connectivity index (χ1v) is 6.84. The number of H-pyrrole nitrogens is 1. The number of rotatable bonds is 1. The van der Waals surface area contributed by atoms with Crippen molar-refractivity contribution in [2.45, 2.75) is 31.2 Å². The first kappa shape index (κ1) is 11.1. The molecule has 0 amide bonds. The fraction of sp³-hybridized carbons (Fsp3) is 0.500. The fourth-order valence-corrected chi connectivity index (χ4v) is 3.02. The van der Waals surface area contributed by atoms with Crippen LogP contribution in [0.5, 0.6) is 11.5 Å². The lowest BCUT2D eigenvalue weighted by Gasteiger charge is -2.17. The summed E-state index contributed by atoms with van der Waals surface area (Å²) in [5.41, 5.74) is 7.93. The van der Waals surface area contributed by atoms with Crippen LogP contribution in [0.4, 0.5) is 0 Å². The van der Waals surface area contributed by atoms with Crippen LogP contribution in [0.25, 0.3) is 11.0 Å². The summed E-state index contributed by atoms with van der Waals surface area (Å²) < 4.78 is 11.2. The summed E-state index contributed by atoms with van der Waals surface area (Å²) >= 11 is 0. The highest BCUT2D eigenvalue weighted by atomic mass is 16.6. The lowest BCUT2D eigenvalue weighted by Crippen LogP contribution is -2.15. The fourth-order valence-electron chi connectivity index (χ4n) is 3.02. The molecule has 0 bridgehead atoms. The predicted molar refractivity (Wildman–Crippen MR) is 71.7 cm³/mol. The van der Waals surface area contributed by atoms with Crippen LogP contribution >= 0.6 is 0 Å². The van der Waals surface area contributed by atoms with E-state index in [4.69, 9.17) is 20.2 Å². The van der Waals surface area contributed by atoms with Crippen LogP contribution in [-0.4, -0.2) is 29.2 Å². The lowest BCUT2D eigenvalue weighted by molar-refractivity contribution is 0.172. The number of aromatic amines is 1. The molecule has 3 N–H and O–H groups in total. The van der Waals surface area contributed by atoms with Crippen molar-refractivity contribution in [1.29, 1.82) is 0 Å². The van der Waals surface area contributed by atoms with Gasteiger partial charge in [-0.3, -0.25) is 0 Å². The smallest absolute Gasteiger partial charge is 0.163 e. The number of nitrogens with zero attached hydrogens (tertiary/aromatic N) is 1. The lowest BCUT2D eigenvalue weighted by atomic mass is 10.1. The van der Waals surface area contributed by atoms with Gasteiger partial charge in [-0.1, -0.05) is 0 Å². The maximum atomic E-state index is 5.97. The van der Waals surface area contributed by atoms with Gasteiger partial charge in [0, 0.05) is 24.1 Å². The topological polar surface area (TPSA) is 73.2 Å². The Hall–Kier alpha value is -1.75. The van der Waals surface area contributed by atoms with Gasteiger partial charge in [-0.2, -0.15) is 0 Å². The minimum Gasteiger partial charge on any atom is -0.486 e. The van der Waals surface area contributed by atoms with Gasteiger partial charge in [0.2, 0.25) is 0 Å². The van der Waals surface area contributed by atoms with E-state index in [0.717, 1.165) is 47.6 Å². The first-order chi connectivity index (χ1) is 9.29. The maximum absolute atomic E-state index is 5.97. The van der Waals surface area contributed by atoms with Crippen molar-refractivity contribution in [1.82, 2.24) is 9.97 Å². The summed E-state index contributed by atoms with van der Waals surface area (Å²) in [5, 5.41) is 0. The molecule has 1 aliphatic carbocycles. The Labute approximate surface area is 111 Å². The predicted octanol–water partition coefficient (Wildman–Crippen LogP) is 1.93. The Morgan fingerprint density at radius 1 is 1.16 bits per heavy atom. The number of benzene rings is 1. The molecule has 1 saturated carbocycles. The standard InChI is InChI=1S/C14H17N3O2/c15-9-2-1-8(5-9)14-16-10-6-12-13(7-11(10)17-14)19-4-3-18-12/h6-9H,1-5,15H2,(H,16,17)/t8-,9+/m1/s1. The van der Waals surface area contributed by atoms with E-state index in [9.17, 15) is 0 Å². The van der Waals surface area contributed by atoms with Crippen molar-refractivity contribution in [2.75, 3.05) is 13.2 Å². The summed E-state index contributed by atoms with van der Waals surface area (Å²) in [6.45, 7) is 1.21. The highest BCUT2D eigenvalue weighted by Crippen LogP contribution is 2.37. The molecule has 1 fully saturated rings. The highest BCUT2D eigenvalue weighted by Gasteiger charge is 2.26. The monoisotopic (exact) mass is 259 g/mol. The van der Waals surface area contributed by atoms with E-state index < -0.39 is 0 Å². The summed E-state index contributed by atoms with van der Waals surface area (Å²) in [6, 6.07) is 4.26. The van der Waals surface area contributed by atoms with Gasteiger partial charge < -0.3 is 20.2 Å². The zero-order valence-electron chi connectivity index (χ0n) is 10.7. The van der Waals surface area contributed by atoms with Crippen molar-refractivity contribution in [3.8, 4) is 11.5 Å². The molecule has 0 spiro atoms. The number of ether oxygens (including phenoxy) is 2. The van der Waals surface area contributed by atoms with Gasteiger partial charge in [-0.15, -0.1) is 0 Å². The summed E-state index contributed by atoms with van der Waals surface area (Å²) in [5.74, 6) is 3.10. The second-order valence-electron chi connectivity index (χ2n) is 5.41. The zero-order chi connectivity index (χ0) is 12.8. The molecule has 0 radical (unpaired) electrons. The first-order valence-electron chi connectivity index (χ1n) is 6.84. The van der Waals surface area contributed by atoms with Crippen molar-refractivity contribution in [3.63, 3.8) is 0 Å². The largest absolute Gasteiger partial charge is 0.486 e. The molecular weight excluding hydrogens is 242 g/mol. The number of imidazole rings is 1. The molecular formula is C14H17N3O2. The summed E-state index contributed by atoms with van der Waals surface area (Å²) in [4.78, 5) is 8.10. The Balaban J connectivity index is 1.74. The minimum atomic E-state index is 0.318. The third kappa shape index (κ3) is 1.85. The van der Waals surface area contributed by atoms with Crippen LogP contribution < -0.4 is 15.2 Å². The van der Waals surface area contributed by atoms with Gasteiger partial charge in [-0.05, 0) is 19.3 Å². The van der Waals surface area contributed by atoms with Gasteiger partial charge in [0.25, 0.3) is 0 Å². The van der Waals surface area contributed by atoms with Crippen LogP contribution in [0.3, 0.4) is 0 Å². The quantitative estimate of drug-likeness (QED) is 0.820. The SMILES string of the molecule is N[C@H]1CC[C@@H](c2nc3cc4c(cc3[nH]2)OCCO4)C1. The number of fused-ring (bicyclic) bond motifs is 2. The Bertz CT molecular complexity index is 579. The number of hydrogen-bond donors (Lipinski definition) is 2. The van der Waals surface area contributed by atoms with E-state index in [1.165, 1.54) is 0 Å². The minimum absolute atomic E-state index is 0.318. The van der Waals surface area contributed by atoms with Crippen molar-refractivity contribution in [2.24, 2.45) is 5.73 Å². The Morgan fingerprint density at radius 3 is 2.68 bits per heavy atom. The molecule has 1 aromatic heterocycles. The molecule has 19 heavy (non-hydrogen) atoms. The molecule has 1 aromatic carbocycles. The molecule has 2 aliphatic rings. The normalized spacial score (nSPS) is 25.9. The molecule has 1 aliphatic heterocycles. The van der Waals surface area contributed by atoms with Crippen LogP contribution in [0.1, 0.15) is 31.0 Å². The molecule has 0 unspecified atom stereocenters. The van der Waals surface area contributed by atoms with E-state index in [-0.39, 0.29) is 0 Å². The molecule has 100 valence electrons. The number of aromatic nitrogens is 2. The van der Waals surface area contributed by atoms with Crippen molar-refractivity contribution >= 4 is 11.0 Å². The van der Waals surface area contributed by atoms with Gasteiger partial charge >= 0.3 is 0 Å². The van der Waals surface area contributed by atoms with Gasteiger partial charge in [-0.25, -0.2) is 4.98 Å². The number of nitrogens with one attached hydrogen (secondary N) is 1. The van der Waals surface area contributed by atoms with E-state index in [1.54, 1.807) is 0 Å². The van der Waals surface area contributed by atoms with E-state index >= 15 is 0 Å². The molecule has 4 rings (SSSR count). The second kappa shape index (κ2) is 4.13. The van der Waals surface area contributed by atoms with Crippen LogP contribution in [0, 0.1) is 0 Å². The summed E-state index contributed by atoms with van der Waals surface area (Å²) in [6.07, 6.45) is 3.23. The number of nitrogens with two attached hydrogens (primary N) is 1. The van der Waals surface area contributed by atoms with E-state index in [1.807, 2.05) is 12.1 Å². The van der Waals surface area contributed by atoms with Gasteiger partial charge in [0.05, 0.1) is 11.0 Å². The van der Waals surface area contributed by atoms with Crippen LogP contribution in [0.15, 0.2) is 12.1 Å². The molecule has 5 nitrogen and oxygen atoms in total. The molecule has 2 atom stereocenters. The average Bonchev–Trinajstić information content (AvgIpc) is 3.01. The molecule has 0 saturated heterocycles. The Morgan fingerprint density at radius 2 is 1.95 bits per heavy atom. The van der Waals surface area contributed by atoms with Crippen LogP contribution in [0.2, 0.25) is 0 Å². The van der Waals surface area contributed by atoms with E-state index in [0.29, 0.717) is 25.2 Å². The van der Waals surface area contributed by atoms with Crippen LogP contribution in [-0.2, 0) is 0 Å². The number of hydrogen-bond acceptors (Lipinski definition) is 4. The Kier molecular flexibility index (Phi) is 2.41. The van der Waals surface area contributed by atoms with Crippen molar-refractivity contribution < 1.29 is 9.47 Å². The average molecular weight is 259 g/mol. The second-order valence-corrected chi connectivity index (χ2v) is 5.41. The third-order valence-electron chi connectivity index (χ3n) is 4.02. The van der Waals surface area contributed by atoms with Gasteiger partial charge in [0.1, 0.15) is 19.0 Å². The van der Waals surface area contributed by atoms with E-state index in [2.05, 4.69) is 4.98 Å². The van der Waals surface area contributed by atoms with Gasteiger partial charge in [0.15, 0.2) is 11.5 Å². The third-order valence-corrected chi connectivity index (χ3v) is 4.02. The molecule has 2 heterocycles. The van der Waals surface area contributed by atoms with Crippen molar-refractivity contribution in [3.05, 3.63) is 18.0 Å². The zero-order valence-corrected chi connectivity index (χ0v) is 10.7.